The SMILES string of the molecule is CC/C=C\C/C=C\C/C=C\C/C=C\C/C=C\C/C=C\C/C=C\C/C=C\CCCCCCCCCCC(=O)OCC(COC(=O)CCCCCCCCC)OC(=O)CCCCCCC/C=C\CCC. The lowest BCUT2D eigenvalue weighted by Crippen LogP contribution is -2.30. The summed E-state index contributed by atoms with van der Waals surface area (Å²) in [6, 6.07) is 0. The number of hydrogen-bond donors (Lipinski definition) is 0. The van der Waals surface area contributed by atoms with E-state index in [9.17, 15) is 14.4 Å². The molecule has 0 heterocycles. The van der Waals surface area contributed by atoms with Crippen LogP contribution in [0, 0.1) is 0 Å². The predicted octanol–water partition coefficient (Wildman–Crippen LogP) is 18.7. The van der Waals surface area contributed by atoms with Gasteiger partial charge in [0.1, 0.15) is 13.2 Å². The Balaban J connectivity index is 4.08. The molecule has 0 radical (unpaired) electrons. The molecule has 1 atom stereocenters. The number of carbonyl (C=O) groups excluding carboxylic acids is 3. The van der Waals surface area contributed by atoms with Gasteiger partial charge in [-0.3, -0.25) is 14.4 Å². The Morgan fingerprint density at radius 3 is 0.971 bits per heavy atom. The molecule has 0 N–H and O–H groups in total. The van der Waals surface area contributed by atoms with E-state index in [-0.39, 0.29) is 31.1 Å². The van der Waals surface area contributed by atoms with Gasteiger partial charge in [-0.15, -0.1) is 0 Å². The van der Waals surface area contributed by atoms with Gasteiger partial charge in [0.15, 0.2) is 6.10 Å². The number of rotatable bonds is 49. The van der Waals surface area contributed by atoms with Crippen LogP contribution in [0.4, 0.5) is 0 Å². The minimum atomic E-state index is -0.781. The number of unbranched alkanes of at least 4 members (excludes halogenated alkanes) is 20. The van der Waals surface area contributed by atoms with Crippen LogP contribution in [0.3, 0.4) is 0 Å². The van der Waals surface area contributed by atoms with Gasteiger partial charge in [0.05, 0.1) is 0 Å². The topological polar surface area (TPSA) is 78.9 Å². The second-order valence-corrected chi connectivity index (χ2v) is 18.1. The minimum Gasteiger partial charge on any atom is -0.462 e. The molecule has 68 heavy (non-hydrogen) atoms. The Morgan fingerprint density at radius 1 is 0.309 bits per heavy atom. The van der Waals surface area contributed by atoms with E-state index >= 15 is 0 Å². The summed E-state index contributed by atoms with van der Waals surface area (Å²) in [5, 5.41) is 0. The van der Waals surface area contributed by atoms with Crippen molar-refractivity contribution < 1.29 is 28.6 Å². The Kier molecular flexibility index (Phi) is 52.4. The third-order valence-electron chi connectivity index (χ3n) is 11.5. The zero-order valence-electron chi connectivity index (χ0n) is 44.1. The first-order chi connectivity index (χ1) is 33.5. The molecule has 0 spiro atoms. The zero-order chi connectivity index (χ0) is 49.3. The van der Waals surface area contributed by atoms with Gasteiger partial charge in [0.25, 0.3) is 0 Å². The summed E-state index contributed by atoms with van der Waals surface area (Å²) in [6.07, 6.45) is 75.4. The van der Waals surface area contributed by atoms with Crippen molar-refractivity contribution in [3.8, 4) is 0 Å². The Bertz CT molecular complexity index is 1410. The highest BCUT2D eigenvalue weighted by atomic mass is 16.6. The lowest BCUT2D eigenvalue weighted by atomic mass is 10.1. The smallest absolute Gasteiger partial charge is 0.306 e. The van der Waals surface area contributed by atoms with Gasteiger partial charge >= 0.3 is 17.9 Å². The molecule has 386 valence electrons. The highest BCUT2D eigenvalue weighted by Gasteiger charge is 2.19. The van der Waals surface area contributed by atoms with E-state index in [0.717, 1.165) is 135 Å². The number of hydrogen-bond acceptors (Lipinski definition) is 6. The highest BCUT2D eigenvalue weighted by molar-refractivity contribution is 5.71. The second kappa shape index (κ2) is 55.7. The summed E-state index contributed by atoms with van der Waals surface area (Å²) in [5.74, 6) is -0.914. The maximum atomic E-state index is 12.7. The molecule has 0 rings (SSSR count). The van der Waals surface area contributed by atoms with Crippen molar-refractivity contribution in [3.63, 3.8) is 0 Å². The van der Waals surface area contributed by atoms with Crippen LogP contribution in [0.15, 0.2) is 109 Å². The molecule has 1 unspecified atom stereocenters. The van der Waals surface area contributed by atoms with E-state index in [2.05, 4.69) is 130 Å². The standard InChI is InChI=1S/C62H102O6/c1-4-7-10-13-16-18-20-21-22-23-24-25-26-27-28-29-30-31-32-33-34-35-36-37-38-39-40-41-42-44-46-49-52-55-61(64)67-58-59(57-66-60(63)54-51-48-45-15-12-9-6-3)68-62(65)56-53-50-47-43-19-17-14-11-8-5-2/h7,10-11,14,16,18,21-22,24-25,27-28,30-31,33-34,36-37,59H,4-6,8-9,12-13,15,17,19-20,23,26,29,32,35,38-58H2,1-3H3/b10-7-,14-11-,18-16-,22-21-,25-24-,28-27-,31-30-,34-33-,37-36-. The summed E-state index contributed by atoms with van der Waals surface area (Å²) in [6.45, 7) is 6.39. The van der Waals surface area contributed by atoms with Crippen LogP contribution in [0.5, 0.6) is 0 Å². The quantitative estimate of drug-likeness (QED) is 0.0262. The van der Waals surface area contributed by atoms with Crippen molar-refractivity contribution in [2.24, 2.45) is 0 Å². The van der Waals surface area contributed by atoms with Crippen molar-refractivity contribution in [2.75, 3.05) is 13.2 Å². The summed E-state index contributed by atoms with van der Waals surface area (Å²) >= 11 is 0. The molecule has 0 fully saturated rings. The molecule has 0 saturated heterocycles. The van der Waals surface area contributed by atoms with Gasteiger partial charge in [-0.1, -0.05) is 233 Å². The molecule has 0 aromatic heterocycles. The maximum absolute atomic E-state index is 12.7. The molecule has 6 nitrogen and oxygen atoms in total. The Hall–Kier alpha value is -3.93. The van der Waals surface area contributed by atoms with Crippen LogP contribution < -0.4 is 0 Å². The van der Waals surface area contributed by atoms with E-state index in [1.165, 1.54) is 70.6 Å². The summed E-state index contributed by atoms with van der Waals surface area (Å²) in [5.41, 5.74) is 0. The molecular formula is C62H102O6. The van der Waals surface area contributed by atoms with Crippen LogP contribution in [-0.4, -0.2) is 37.2 Å². The van der Waals surface area contributed by atoms with Crippen LogP contribution in [0.2, 0.25) is 0 Å². The second-order valence-electron chi connectivity index (χ2n) is 18.1. The average Bonchev–Trinajstić information content (AvgIpc) is 3.34. The van der Waals surface area contributed by atoms with Crippen molar-refractivity contribution in [1.29, 1.82) is 0 Å². The van der Waals surface area contributed by atoms with E-state index in [4.69, 9.17) is 14.2 Å². The zero-order valence-corrected chi connectivity index (χ0v) is 44.1. The van der Waals surface area contributed by atoms with Gasteiger partial charge in [-0.2, -0.15) is 0 Å². The summed E-state index contributed by atoms with van der Waals surface area (Å²) in [7, 11) is 0. The van der Waals surface area contributed by atoms with Gasteiger partial charge in [0.2, 0.25) is 0 Å². The largest absolute Gasteiger partial charge is 0.462 e. The Labute approximate surface area is 419 Å². The fourth-order valence-electron chi connectivity index (χ4n) is 7.34. The molecular weight excluding hydrogens is 841 g/mol. The van der Waals surface area contributed by atoms with E-state index < -0.39 is 6.10 Å². The van der Waals surface area contributed by atoms with Crippen LogP contribution in [-0.2, 0) is 28.6 Å². The fourth-order valence-corrected chi connectivity index (χ4v) is 7.34. The molecule has 0 aliphatic carbocycles. The van der Waals surface area contributed by atoms with Gasteiger partial charge in [-0.25, -0.2) is 0 Å². The normalized spacial score (nSPS) is 12.9. The number of allylic oxidation sites excluding steroid dienone is 18. The number of esters is 3. The van der Waals surface area contributed by atoms with E-state index in [1.54, 1.807) is 0 Å². The van der Waals surface area contributed by atoms with Gasteiger partial charge in [0, 0.05) is 19.3 Å². The molecule has 0 aromatic carbocycles. The number of ether oxygens (including phenoxy) is 3. The third-order valence-corrected chi connectivity index (χ3v) is 11.5. The van der Waals surface area contributed by atoms with E-state index in [0.29, 0.717) is 19.3 Å². The fraction of sp³-hybridized carbons (Fsp3) is 0.661. The highest BCUT2D eigenvalue weighted by Crippen LogP contribution is 2.14. The van der Waals surface area contributed by atoms with Crippen molar-refractivity contribution in [3.05, 3.63) is 109 Å². The lowest BCUT2D eigenvalue weighted by Gasteiger charge is -2.18. The molecule has 0 aliphatic heterocycles. The molecule has 0 amide bonds. The molecule has 0 aromatic rings. The van der Waals surface area contributed by atoms with Crippen LogP contribution in [0.25, 0.3) is 0 Å². The van der Waals surface area contributed by atoms with Crippen molar-refractivity contribution in [1.82, 2.24) is 0 Å². The first-order valence-corrected chi connectivity index (χ1v) is 27.9. The number of carbonyl (C=O) groups is 3. The van der Waals surface area contributed by atoms with Crippen molar-refractivity contribution in [2.45, 2.75) is 252 Å². The van der Waals surface area contributed by atoms with Crippen LogP contribution >= 0.6 is 0 Å². The van der Waals surface area contributed by atoms with Gasteiger partial charge in [-0.05, 0) is 103 Å². The molecule has 0 bridgehead atoms. The Morgan fingerprint density at radius 2 is 0.603 bits per heavy atom. The first kappa shape index (κ1) is 64.1. The summed E-state index contributed by atoms with van der Waals surface area (Å²) < 4.78 is 16.7. The lowest BCUT2D eigenvalue weighted by molar-refractivity contribution is -0.167. The average molecular weight is 943 g/mol. The molecule has 6 heteroatoms. The van der Waals surface area contributed by atoms with E-state index in [1.807, 2.05) is 0 Å². The van der Waals surface area contributed by atoms with Crippen molar-refractivity contribution >= 4 is 17.9 Å². The first-order valence-electron chi connectivity index (χ1n) is 27.9. The minimum absolute atomic E-state index is 0.0835. The maximum Gasteiger partial charge on any atom is 0.306 e. The monoisotopic (exact) mass is 943 g/mol. The molecule has 0 saturated carbocycles. The third kappa shape index (κ3) is 53.0. The van der Waals surface area contributed by atoms with Crippen LogP contribution in [0.1, 0.15) is 245 Å². The molecule has 0 aliphatic rings. The van der Waals surface area contributed by atoms with Gasteiger partial charge < -0.3 is 14.2 Å². The predicted molar refractivity (Wildman–Crippen MR) is 293 cm³/mol. The summed E-state index contributed by atoms with van der Waals surface area (Å²) in [4.78, 5) is 37.7.